The third-order valence-electron chi connectivity index (χ3n) is 4.90. The Hall–Kier alpha value is -2.36. The number of hydrogen-bond donors (Lipinski definition) is 0. The zero-order valence-electron chi connectivity index (χ0n) is 17.0. The van der Waals surface area contributed by atoms with Crippen molar-refractivity contribution in [2.24, 2.45) is 0 Å². The molecule has 0 amide bonds. The van der Waals surface area contributed by atoms with Crippen LogP contribution in [0.1, 0.15) is 23.0 Å². The van der Waals surface area contributed by atoms with E-state index in [1.807, 2.05) is 48.3 Å². The highest BCUT2D eigenvalue weighted by Gasteiger charge is 2.24. The summed E-state index contributed by atoms with van der Waals surface area (Å²) in [5, 5.41) is 7.24. The first-order valence-corrected chi connectivity index (χ1v) is 11.9. The summed E-state index contributed by atoms with van der Waals surface area (Å²) in [6.45, 7) is 4.78. The Morgan fingerprint density at radius 3 is 2.67 bits per heavy atom. The average Bonchev–Trinajstić information content (AvgIpc) is 3.42. The van der Waals surface area contributed by atoms with Crippen molar-refractivity contribution >= 4 is 29.1 Å². The summed E-state index contributed by atoms with van der Waals surface area (Å²) >= 11 is 3.46. The molecule has 1 aromatic carbocycles. The molecule has 1 saturated heterocycles. The van der Waals surface area contributed by atoms with Crippen LogP contribution < -0.4 is 4.74 Å². The van der Waals surface area contributed by atoms with Crippen LogP contribution in [0.4, 0.5) is 0 Å². The van der Waals surface area contributed by atoms with Crippen LogP contribution in [-0.2, 0) is 11.3 Å². The van der Waals surface area contributed by atoms with E-state index in [1.165, 1.54) is 11.3 Å². The molecule has 0 radical (unpaired) electrons. The minimum Gasteiger partial charge on any atom is -0.497 e. The maximum atomic E-state index is 12.5. The molecule has 0 saturated carbocycles. The number of benzene rings is 1. The van der Waals surface area contributed by atoms with Crippen molar-refractivity contribution in [2.45, 2.75) is 13.5 Å². The van der Waals surface area contributed by atoms with Crippen molar-refractivity contribution in [1.29, 1.82) is 0 Å². The van der Waals surface area contributed by atoms with Crippen molar-refractivity contribution < 1.29 is 14.3 Å². The minimum absolute atomic E-state index is 0.336. The van der Waals surface area contributed by atoms with Gasteiger partial charge >= 0.3 is 5.97 Å². The Balaban J connectivity index is 1.65. The number of thioether (sulfide) groups is 1. The molecule has 0 unspecified atom stereocenters. The van der Waals surface area contributed by atoms with E-state index in [2.05, 4.69) is 10.00 Å². The molecule has 158 valence electrons. The normalized spacial score (nSPS) is 14.6. The number of ether oxygens (including phenoxy) is 2. The van der Waals surface area contributed by atoms with Gasteiger partial charge in [0.05, 0.1) is 31.3 Å². The lowest BCUT2D eigenvalue weighted by Gasteiger charge is -2.26. The number of carbonyl (C=O) groups excluding carboxylic acids is 1. The van der Waals surface area contributed by atoms with Crippen molar-refractivity contribution in [3.8, 4) is 22.1 Å². The molecule has 3 heterocycles. The Bertz CT molecular complexity index is 994. The molecule has 3 aromatic rings. The van der Waals surface area contributed by atoms with E-state index >= 15 is 0 Å². The van der Waals surface area contributed by atoms with E-state index in [9.17, 15) is 4.79 Å². The molecule has 2 aromatic heterocycles. The van der Waals surface area contributed by atoms with Crippen molar-refractivity contribution in [2.75, 3.05) is 38.3 Å². The number of nitrogens with zero attached hydrogens (tertiary/aromatic N) is 4. The maximum absolute atomic E-state index is 12.5. The zero-order chi connectivity index (χ0) is 20.9. The third-order valence-corrected chi connectivity index (χ3v) is 6.66. The van der Waals surface area contributed by atoms with Crippen LogP contribution in [0.3, 0.4) is 0 Å². The number of aromatic nitrogens is 3. The highest BCUT2D eigenvalue weighted by Crippen LogP contribution is 2.28. The fourth-order valence-electron chi connectivity index (χ4n) is 3.30. The van der Waals surface area contributed by atoms with Gasteiger partial charge < -0.3 is 9.47 Å². The van der Waals surface area contributed by atoms with Gasteiger partial charge in [-0.15, -0.1) is 11.3 Å². The van der Waals surface area contributed by atoms with E-state index in [-0.39, 0.29) is 5.97 Å². The Morgan fingerprint density at radius 1 is 1.20 bits per heavy atom. The molecule has 4 rings (SSSR count). The molecular weight excluding hydrogens is 420 g/mol. The summed E-state index contributed by atoms with van der Waals surface area (Å²) in [5.41, 5.74) is 3.21. The van der Waals surface area contributed by atoms with Gasteiger partial charge in [0.1, 0.15) is 11.3 Å². The number of methoxy groups -OCH3 is 1. The van der Waals surface area contributed by atoms with E-state index in [1.54, 1.807) is 18.0 Å². The van der Waals surface area contributed by atoms with E-state index < -0.39 is 0 Å². The van der Waals surface area contributed by atoms with E-state index in [4.69, 9.17) is 14.5 Å². The summed E-state index contributed by atoms with van der Waals surface area (Å²) in [6.07, 6.45) is 1.60. The zero-order valence-corrected chi connectivity index (χ0v) is 18.7. The third kappa shape index (κ3) is 4.53. The molecule has 1 fully saturated rings. The minimum atomic E-state index is -0.336. The quantitative estimate of drug-likeness (QED) is 0.514. The van der Waals surface area contributed by atoms with Gasteiger partial charge in [-0.2, -0.15) is 16.9 Å². The highest BCUT2D eigenvalue weighted by atomic mass is 32.2. The monoisotopic (exact) mass is 444 g/mol. The largest absolute Gasteiger partial charge is 0.497 e. The topological polar surface area (TPSA) is 69.5 Å². The average molecular weight is 445 g/mol. The summed E-state index contributed by atoms with van der Waals surface area (Å²) in [4.78, 5) is 19.6. The molecule has 0 atom stereocenters. The van der Waals surface area contributed by atoms with Crippen molar-refractivity contribution in [3.05, 3.63) is 47.1 Å². The standard InChI is InChI=1S/C21H24N4O3S2/c1-3-28-20(26)17-12-22-25(19(17)13-24-8-10-29-11-9-24)21-23-18(14-30-21)15-4-6-16(27-2)7-5-15/h4-7,12,14H,3,8-11,13H2,1-2H3. The Morgan fingerprint density at radius 2 is 1.97 bits per heavy atom. The lowest BCUT2D eigenvalue weighted by molar-refractivity contribution is 0.0524. The molecule has 0 spiro atoms. The van der Waals surface area contributed by atoms with Crippen LogP contribution in [0.15, 0.2) is 35.8 Å². The van der Waals surface area contributed by atoms with Gasteiger partial charge in [-0.3, -0.25) is 4.90 Å². The van der Waals surface area contributed by atoms with Gasteiger partial charge in [-0.1, -0.05) is 0 Å². The first-order chi connectivity index (χ1) is 14.7. The number of hydrogen-bond acceptors (Lipinski definition) is 8. The number of thiazole rings is 1. The molecule has 0 aliphatic carbocycles. The van der Waals surface area contributed by atoms with Crippen LogP contribution in [0.25, 0.3) is 16.4 Å². The SMILES string of the molecule is CCOC(=O)c1cnn(-c2nc(-c3ccc(OC)cc3)cs2)c1CN1CCSCC1. The van der Waals surface area contributed by atoms with E-state index in [0.29, 0.717) is 18.7 Å². The first-order valence-electron chi connectivity index (χ1n) is 9.84. The predicted octanol–water partition coefficient (Wildman–Crippen LogP) is 3.73. The fraction of sp³-hybridized carbons (Fsp3) is 0.381. The number of carbonyl (C=O) groups is 1. The van der Waals surface area contributed by atoms with Gasteiger partial charge in [-0.05, 0) is 31.2 Å². The maximum Gasteiger partial charge on any atom is 0.341 e. The van der Waals surface area contributed by atoms with Crippen molar-refractivity contribution in [3.63, 3.8) is 0 Å². The number of esters is 1. The van der Waals surface area contributed by atoms with Gasteiger partial charge in [0.15, 0.2) is 0 Å². The second-order valence-corrected chi connectivity index (χ2v) is 8.83. The second kappa shape index (κ2) is 9.63. The summed E-state index contributed by atoms with van der Waals surface area (Å²) in [7, 11) is 1.65. The van der Waals surface area contributed by atoms with Gasteiger partial charge in [0.2, 0.25) is 5.13 Å². The first kappa shape index (κ1) is 20.9. The molecule has 7 nitrogen and oxygen atoms in total. The highest BCUT2D eigenvalue weighted by molar-refractivity contribution is 7.99. The van der Waals surface area contributed by atoms with Gasteiger partial charge in [-0.25, -0.2) is 14.5 Å². The Labute approximate surface area is 184 Å². The van der Waals surface area contributed by atoms with Crippen LogP contribution >= 0.6 is 23.1 Å². The van der Waals surface area contributed by atoms with Crippen LogP contribution in [0, 0.1) is 0 Å². The van der Waals surface area contributed by atoms with Crippen LogP contribution in [-0.4, -0.2) is 63.9 Å². The molecule has 0 bridgehead atoms. The lowest BCUT2D eigenvalue weighted by atomic mass is 10.2. The second-order valence-electron chi connectivity index (χ2n) is 6.77. The lowest BCUT2D eigenvalue weighted by Crippen LogP contribution is -2.33. The smallest absolute Gasteiger partial charge is 0.341 e. The van der Waals surface area contributed by atoms with Gasteiger partial charge in [0, 0.05) is 42.1 Å². The number of rotatable bonds is 7. The van der Waals surface area contributed by atoms with Crippen LogP contribution in [0.2, 0.25) is 0 Å². The molecular formula is C21H24N4O3S2. The predicted molar refractivity (Wildman–Crippen MR) is 120 cm³/mol. The van der Waals surface area contributed by atoms with Gasteiger partial charge in [0.25, 0.3) is 0 Å². The Kier molecular flexibility index (Phi) is 6.71. The summed E-state index contributed by atoms with van der Waals surface area (Å²) in [5.74, 6) is 2.67. The van der Waals surface area contributed by atoms with Crippen molar-refractivity contribution in [1.82, 2.24) is 19.7 Å². The fourth-order valence-corrected chi connectivity index (χ4v) is 5.09. The summed E-state index contributed by atoms with van der Waals surface area (Å²) < 4.78 is 12.3. The van der Waals surface area contributed by atoms with E-state index in [0.717, 1.165) is 52.4 Å². The van der Waals surface area contributed by atoms with Crippen LogP contribution in [0.5, 0.6) is 5.75 Å². The summed E-state index contributed by atoms with van der Waals surface area (Å²) in [6, 6.07) is 7.80. The molecule has 1 aliphatic heterocycles. The molecule has 0 N–H and O–H groups in total. The molecule has 30 heavy (non-hydrogen) atoms. The molecule has 1 aliphatic rings. The molecule has 9 heteroatoms.